The third-order valence-corrected chi connectivity index (χ3v) is 2.98. The van der Waals surface area contributed by atoms with Crippen molar-refractivity contribution in [3.05, 3.63) is 48.5 Å². The minimum absolute atomic E-state index is 0.181. The van der Waals surface area contributed by atoms with Crippen LogP contribution in [0.15, 0.2) is 58.8 Å². The van der Waals surface area contributed by atoms with Gasteiger partial charge in [0.05, 0.1) is 24.4 Å². The lowest BCUT2D eigenvalue weighted by Crippen LogP contribution is -2.07. The van der Waals surface area contributed by atoms with Crippen molar-refractivity contribution >= 4 is 28.9 Å². The fourth-order valence-corrected chi connectivity index (χ4v) is 1.89. The lowest BCUT2D eigenvalue weighted by Gasteiger charge is -2.03. The summed E-state index contributed by atoms with van der Waals surface area (Å²) in [4.78, 5) is 11.3. The van der Waals surface area contributed by atoms with Crippen LogP contribution in [0.4, 0.5) is 11.4 Å². The van der Waals surface area contributed by atoms with Crippen molar-refractivity contribution in [1.82, 2.24) is 0 Å². The minimum Gasteiger partial charge on any atom is -0.494 e. The molecule has 0 heterocycles. The van der Waals surface area contributed by atoms with Crippen LogP contribution < -0.4 is 9.47 Å². The van der Waals surface area contributed by atoms with Crippen LogP contribution in [0.1, 0.15) is 13.3 Å². The molecule has 2 rings (SSSR count). The number of benzene rings is 2. The van der Waals surface area contributed by atoms with Crippen molar-refractivity contribution in [2.24, 2.45) is 10.2 Å². The van der Waals surface area contributed by atoms with Crippen LogP contribution in [-0.2, 0) is 4.79 Å². The molecule has 2 aromatic rings. The monoisotopic (exact) mass is 332 g/mol. The molecule has 5 nitrogen and oxygen atoms in total. The lowest BCUT2D eigenvalue weighted by atomic mass is 10.3. The van der Waals surface area contributed by atoms with Gasteiger partial charge in [0.15, 0.2) is 0 Å². The Labute approximate surface area is 139 Å². The number of esters is 1. The van der Waals surface area contributed by atoms with Crippen LogP contribution in [0.25, 0.3) is 0 Å². The second-order valence-electron chi connectivity index (χ2n) is 4.53. The molecular formula is C17H17ClN2O3. The molecule has 23 heavy (non-hydrogen) atoms. The average Bonchev–Trinajstić information content (AvgIpc) is 2.56. The molecule has 0 aliphatic heterocycles. The molecule has 0 unspecified atom stereocenters. The van der Waals surface area contributed by atoms with E-state index in [1.54, 1.807) is 24.3 Å². The SMILES string of the molecule is CCOc1ccc(N=Nc2ccc(OC(=O)CCCl)cc2)cc1. The molecule has 0 spiro atoms. The van der Waals surface area contributed by atoms with Crippen LogP contribution in [0.2, 0.25) is 0 Å². The number of nitrogens with zero attached hydrogens (tertiary/aromatic N) is 2. The highest BCUT2D eigenvalue weighted by atomic mass is 35.5. The smallest absolute Gasteiger partial charge is 0.312 e. The maximum Gasteiger partial charge on any atom is 0.312 e. The molecule has 0 radical (unpaired) electrons. The molecule has 6 heteroatoms. The predicted octanol–water partition coefficient (Wildman–Crippen LogP) is 5.04. The summed E-state index contributed by atoms with van der Waals surface area (Å²) in [6, 6.07) is 14.1. The van der Waals surface area contributed by atoms with E-state index in [1.807, 2.05) is 31.2 Å². The van der Waals surface area contributed by atoms with Gasteiger partial charge in [0, 0.05) is 5.88 Å². The summed E-state index contributed by atoms with van der Waals surface area (Å²) >= 11 is 5.48. The van der Waals surface area contributed by atoms with Gasteiger partial charge in [-0.25, -0.2) is 0 Å². The number of rotatable bonds is 7. The molecule has 0 saturated carbocycles. The first-order chi connectivity index (χ1) is 11.2. The maximum atomic E-state index is 11.3. The fraction of sp³-hybridized carbons (Fsp3) is 0.235. The maximum absolute atomic E-state index is 11.3. The molecule has 2 aromatic carbocycles. The number of ether oxygens (including phenoxy) is 2. The summed E-state index contributed by atoms with van der Waals surface area (Å²) < 4.78 is 10.5. The van der Waals surface area contributed by atoms with Crippen molar-refractivity contribution in [3.8, 4) is 11.5 Å². The average molecular weight is 333 g/mol. The summed E-state index contributed by atoms with van der Waals surface area (Å²) in [5, 5.41) is 8.27. The van der Waals surface area contributed by atoms with Gasteiger partial charge in [-0.3, -0.25) is 4.79 Å². The van der Waals surface area contributed by atoms with E-state index in [-0.39, 0.29) is 18.3 Å². The van der Waals surface area contributed by atoms with E-state index in [2.05, 4.69) is 10.2 Å². The highest BCUT2D eigenvalue weighted by molar-refractivity contribution is 6.18. The Morgan fingerprint density at radius 2 is 1.48 bits per heavy atom. The third-order valence-electron chi connectivity index (χ3n) is 2.80. The van der Waals surface area contributed by atoms with Gasteiger partial charge >= 0.3 is 5.97 Å². The lowest BCUT2D eigenvalue weighted by molar-refractivity contribution is -0.133. The molecule has 0 N–H and O–H groups in total. The summed E-state index contributed by atoms with van der Waals surface area (Å²) in [7, 11) is 0. The zero-order valence-electron chi connectivity index (χ0n) is 12.7. The predicted molar refractivity (Wildman–Crippen MR) is 89.2 cm³/mol. The van der Waals surface area contributed by atoms with Crippen LogP contribution in [-0.4, -0.2) is 18.5 Å². The van der Waals surface area contributed by atoms with Gasteiger partial charge in [0.2, 0.25) is 0 Å². The zero-order chi connectivity index (χ0) is 16.5. The Morgan fingerprint density at radius 3 is 1.96 bits per heavy atom. The Kier molecular flexibility index (Phi) is 6.56. The molecule has 0 saturated heterocycles. The van der Waals surface area contributed by atoms with Crippen molar-refractivity contribution < 1.29 is 14.3 Å². The molecular weight excluding hydrogens is 316 g/mol. The molecule has 0 aliphatic carbocycles. The summed E-state index contributed by atoms with van der Waals surface area (Å²) in [5.41, 5.74) is 1.39. The second kappa shape index (κ2) is 8.90. The topological polar surface area (TPSA) is 60.3 Å². The molecule has 120 valence electrons. The van der Waals surface area contributed by atoms with E-state index in [0.29, 0.717) is 18.0 Å². The molecule has 0 atom stereocenters. The number of carbonyl (C=O) groups excluding carboxylic acids is 1. The van der Waals surface area contributed by atoms with Crippen LogP contribution in [0.5, 0.6) is 11.5 Å². The number of hydrogen-bond donors (Lipinski definition) is 0. The summed E-state index contributed by atoms with van der Waals surface area (Å²) in [6.45, 7) is 2.56. The number of carbonyl (C=O) groups is 1. The number of azo groups is 1. The van der Waals surface area contributed by atoms with Gasteiger partial charge in [-0.1, -0.05) is 0 Å². The normalized spacial score (nSPS) is 10.7. The van der Waals surface area contributed by atoms with E-state index in [9.17, 15) is 4.79 Å². The zero-order valence-corrected chi connectivity index (χ0v) is 13.5. The van der Waals surface area contributed by atoms with Crippen molar-refractivity contribution in [2.75, 3.05) is 12.5 Å². The van der Waals surface area contributed by atoms with E-state index in [0.717, 1.165) is 11.4 Å². The number of hydrogen-bond acceptors (Lipinski definition) is 5. The first kappa shape index (κ1) is 17.0. The van der Waals surface area contributed by atoms with Crippen molar-refractivity contribution in [1.29, 1.82) is 0 Å². The first-order valence-electron chi connectivity index (χ1n) is 7.22. The van der Waals surface area contributed by atoms with E-state index in [4.69, 9.17) is 21.1 Å². The van der Waals surface area contributed by atoms with Crippen LogP contribution in [0, 0.1) is 0 Å². The van der Waals surface area contributed by atoms with E-state index < -0.39 is 0 Å². The summed E-state index contributed by atoms with van der Waals surface area (Å²) in [5.74, 6) is 1.14. The number of alkyl halides is 1. The molecule has 0 aliphatic rings. The summed E-state index contributed by atoms with van der Waals surface area (Å²) in [6.07, 6.45) is 0.181. The van der Waals surface area contributed by atoms with Gasteiger partial charge in [0.25, 0.3) is 0 Å². The number of halogens is 1. The second-order valence-corrected chi connectivity index (χ2v) is 4.91. The third kappa shape index (κ3) is 5.71. The van der Waals surface area contributed by atoms with E-state index >= 15 is 0 Å². The van der Waals surface area contributed by atoms with E-state index in [1.165, 1.54) is 0 Å². The van der Waals surface area contributed by atoms with Gasteiger partial charge in [-0.05, 0) is 55.5 Å². The van der Waals surface area contributed by atoms with Crippen molar-refractivity contribution in [2.45, 2.75) is 13.3 Å². The quantitative estimate of drug-likeness (QED) is 0.309. The molecule has 0 amide bonds. The van der Waals surface area contributed by atoms with Gasteiger partial charge in [0.1, 0.15) is 11.5 Å². The Balaban J connectivity index is 1.95. The highest BCUT2D eigenvalue weighted by Gasteiger charge is 2.03. The van der Waals surface area contributed by atoms with Crippen LogP contribution in [0.3, 0.4) is 0 Å². The van der Waals surface area contributed by atoms with Gasteiger partial charge < -0.3 is 9.47 Å². The van der Waals surface area contributed by atoms with Gasteiger partial charge in [-0.15, -0.1) is 11.6 Å². The minimum atomic E-state index is -0.358. The standard InChI is InChI=1S/C17H17ClN2O3/c1-2-22-15-7-3-13(4-8-15)19-20-14-5-9-16(10-6-14)23-17(21)11-12-18/h3-10H,2,11-12H2,1H3. The fourth-order valence-electron chi connectivity index (χ4n) is 1.73. The van der Waals surface area contributed by atoms with Crippen LogP contribution >= 0.6 is 11.6 Å². The Bertz CT molecular complexity index is 655. The molecule has 0 bridgehead atoms. The molecule has 0 aromatic heterocycles. The van der Waals surface area contributed by atoms with Gasteiger partial charge in [-0.2, -0.15) is 10.2 Å². The largest absolute Gasteiger partial charge is 0.494 e. The molecule has 0 fully saturated rings. The first-order valence-corrected chi connectivity index (χ1v) is 7.76. The Hall–Kier alpha value is -2.40. The van der Waals surface area contributed by atoms with Crippen molar-refractivity contribution in [3.63, 3.8) is 0 Å². The Morgan fingerprint density at radius 1 is 0.957 bits per heavy atom. The highest BCUT2D eigenvalue weighted by Crippen LogP contribution is 2.23.